The smallest absolute Gasteiger partial charge is 0.123 e. The lowest BCUT2D eigenvalue weighted by atomic mass is 10.0. The summed E-state index contributed by atoms with van der Waals surface area (Å²) in [5.41, 5.74) is 3.95. The summed E-state index contributed by atoms with van der Waals surface area (Å²) in [6, 6.07) is 10.6. The van der Waals surface area contributed by atoms with E-state index in [0.29, 0.717) is 0 Å². The van der Waals surface area contributed by atoms with Crippen molar-refractivity contribution in [2.45, 2.75) is 32.4 Å². The van der Waals surface area contributed by atoms with Crippen LogP contribution in [-0.2, 0) is 0 Å². The van der Waals surface area contributed by atoms with E-state index in [4.69, 9.17) is 4.98 Å². The minimum Gasteiger partial charge on any atom is -0.314 e. The second-order valence-corrected chi connectivity index (χ2v) is 6.72. The summed E-state index contributed by atoms with van der Waals surface area (Å²) in [7, 11) is 0. The Labute approximate surface area is 153 Å². The van der Waals surface area contributed by atoms with Crippen LogP contribution >= 0.6 is 0 Å². The first kappa shape index (κ1) is 16.9. The van der Waals surface area contributed by atoms with Gasteiger partial charge in [-0.05, 0) is 55.7 Å². The van der Waals surface area contributed by atoms with Crippen molar-refractivity contribution in [1.82, 2.24) is 19.4 Å². The van der Waals surface area contributed by atoms with E-state index in [1.54, 1.807) is 12.4 Å². The molecular weight excluding hydrogens is 327 g/mol. The van der Waals surface area contributed by atoms with Crippen LogP contribution < -0.4 is 0 Å². The monoisotopic (exact) mass is 350 g/mol. The van der Waals surface area contributed by atoms with Crippen LogP contribution in [0.4, 0.5) is 4.39 Å². The minimum absolute atomic E-state index is 0.225. The largest absolute Gasteiger partial charge is 0.314 e. The Morgan fingerprint density at radius 2 is 1.69 bits per heavy atom. The molecule has 0 N–H and O–H groups in total. The third-order valence-corrected chi connectivity index (χ3v) is 5.11. The van der Waals surface area contributed by atoms with Gasteiger partial charge >= 0.3 is 0 Å². The molecule has 4 rings (SSSR count). The summed E-state index contributed by atoms with van der Waals surface area (Å²) in [4.78, 5) is 11.4. The fraction of sp³-hybridized carbons (Fsp3) is 0.333. The van der Waals surface area contributed by atoms with Gasteiger partial charge in [-0.2, -0.15) is 0 Å². The number of hydrogen-bond donors (Lipinski definition) is 0. The fourth-order valence-corrected chi connectivity index (χ4v) is 3.87. The van der Waals surface area contributed by atoms with Gasteiger partial charge in [-0.3, -0.25) is 9.88 Å². The molecule has 3 aromatic rings. The third-order valence-electron chi connectivity index (χ3n) is 5.11. The Bertz CT molecular complexity index is 851. The number of hydrogen-bond acceptors (Lipinski definition) is 3. The van der Waals surface area contributed by atoms with Gasteiger partial charge in [0.05, 0.1) is 23.9 Å². The van der Waals surface area contributed by atoms with Crippen molar-refractivity contribution in [1.29, 1.82) is 0 Å². The van der Waals surface area contributed by atoms with Gasteiger partial charge in [-0.15, -0.1) is 0 Å². The maximum atomic E-state index is 13.5. The van der Waals surface area contributed by atoms with Crippen LogP contribution in [0.15, 0.2) is 55.1 Å². The van der Waals surface area contributed by atoms with Crippen molar-refractivity contribution in [3.63, 3.8) is 0 Å². The molecule has 0 saturated carbocycles. The van der Waals surface area contributed by atoms with Gasteiger partial charge in [-0.25, -0.2) is 9.37 Å². The van der Waals surface area contributed by atoms with Crippen LogP contribution in [-0.4, -0.2) is 32.5 Å². The Balaban J connectivity index is 1.86. The predicted molar refractivity (Wildman–Crippen MR) is 101 cm³/mol. The molecular formula is C21H23FN4. The second-order valence-electron chi connectivity index (χ2n) is 6.72. The molecule has 134 valence electrons. The van der Waals surface area contributed by atoms with Crippen LogP contribution in [0.1, 0.15) is 32.4 Å². The molecule has 1 aromatic carbocycles. The lowest BCUT2D eigenvalue weighted by Crippen LogP contribution is -2.29. The molecule has 0 amide bonds. The highest BCUT2D eigenvalue weighted by atomic mass is 19.1. The van der Waals surface area contributed by atoms with Gasteiger partial charge in [0.1, 0.15) is 5.82 Å². The number of rotatable bonds is 5. The highest BCUT2D eigenvalue weighted by Crippen LogP contribution is 2.35. The zero-order valence-electron chi connectivity index (χ0n) is 15.0. The maximum absolute atomic E-state index is 13.5. The van der Waals surface area contributed by atoms with E-state index in [9.17, 15) is 4.39 Å². The Kier molecular flexibility index (Phi) is 4.80. The van der Waals surface area contributed by atoms with E-state index < -0.39 is 0 Å². The number of imidazole rings is 1. The van der Waals surface area contributed by atoms with Gasteiger partial charge in [0.2, 0.25) is 0 Å². The number of halogens is 1. The fourth-order valence-electron chi connectivity index (χ4n) is 3.87. The first-order valence-corrected chi connectivity index (χ1v) is 9.25. The molecule has 3 heterocycles. The molecule has 2 aromatic heterocycles. The van der Waals surface area contributed by atoms with Gasteiger partial charge < -0.3 is 4.57 Å². The molecule has 1 aliphatic rings. The summed E-state index contributed by atoms with van der Waals surface area (Å²) in [5, 5.41) is 0. The molecule has 1 saturated heterocycles. The molecule has 1 atom stereocenters. The average molecular weight is 350 g/mol. The lowest BCUT2D eigenvalue weighted by molar-refractivity contribution is 0.171. The normalized spacial score (nSPS) is 16.1. The SMILES string of the molecule is CCC(N1CCCC1)n1cnc(-c2ccncc2)c1-c1ccc(F)cc1. The van der Waals surface area contributed by atoms with Crippen LogP contribution in [0.25, 0.3) is 22.5 Å². The molecule has 26 heavy (non-hydrogen) atoms. The van der Waals surface area contributed by atoms with Crippen LogP contribution in [0.2, 0.25) is 0 Å². The van der Waals surface area contributed by atoms with Crippen LogP contribution in [0, 0.1) is 5.82 Å². The van der Waals surface area contributed by atoms with E-state index in [2.05, 4.69) is 21.4 Å². The second kappa shape index (κ2) is 7.38. The summed E-state index contributed by atoms with van der Waals surface area (Å²) < 4.78 is 15.7. The van der Waals surface area contributed by atoms with Crippen molar-refractivity contribution >= 4 is 0 Å². The van der Waals surface area contributed by atoms with Crippen molar-refractivity contribution in [3.05, 3.63) is 60.9 Å². The van der Waals surface area contributed by atoms with E-state index in [0.717, 1.165) is 42.0 Å². The molecule has 1 aliphatic heterocycles. The molecule has 0 spiro atoms. The lowest BCUT2D eigenvalue weighted by Gasteiger charge is -2.29. The van der Waals surface area contributed by atoms with Crippen molar-refractivity contribution in [3.8, 4) is 22.5 Å². The quantitative estimate of drug-likeness (QED) is 0.665. The Hall–Kier alpha value is -2.53. The number of pyridine rings is 1. The molecule has 5 heteroatoms. The summed E-state index contributed by atoms with van der Waals surface area (Å²) in [6.07, 6.45) is 9.24. The topological polar surface area (TPSA) is 34.0 Å². The molecule has 1 fully saturated rings. The summed E-state index contributed by atoms with van der Waals surface area (Å²) in [6.45, 7) is 4.44. The van der Waals surface area contributed by atoms with E-state index in [1.807, 2.05) is 30.6 Å². The van der Waals surface area contributed by atoms with Crippen LogP contribution in [0.5, 0.6) is 0 Å². The zero-order valence-corrected chi connectivity index (χ0v) is 15.0. The standard InChI is InChI=1S/C21H23FN4/c1-2-19(25-13-3-4-14-25)26-15-24-20(16-9-11-23-12-10-16)21(26)17-5-7-18(22)8-6-17/h5-12,15,19H,2-4,13-14H2,1H3. The number of aromatic nitrogens is 3. The van der Waals surface area contributed by atoms with Crippen molar-refractivity contribution in [2.24, 2.45) is 0 Å². The first-order valence-electron chi connectivity index (χ1n) is 9.25. The molecule has 1 unspecified atom stereocenters. The average Bonchev–Trinajstić information content (AvgIpc) is 3.35. The number of benzene rings is 1. The van der Waals surface area contributed by atoms with Gasteiger partial charge in [0.25, 0.3) is 0 Å². The van der Waals surface area contributed by atoms with Crippen molar-refractivity contribution < 1.29 is 4.39 Å². The van der Waals surface area contributed by atoms with E-state index >= 15 is 0 Å². The van der Waals surface area contributed by atoms with Crippen molar-refractivity contribution in [2.75, 3.05) is 13.1 Å². The molecule has 0 radical (unpaired) electrons. The number of likely N-dealkylation sites (tertiary alicyclic amines) is 1. The molecule has 0 bridgehead atoms. The van der Waals surface area contributed by atoms with Crippen LogP contribution in [0.3, 0.4) is 0 Å². The Morgan fingerprint density at radius 3 is 2.35 bits per heavy atom. The summed E-state index contributed by atoms with van der Waals surface area (Å²) >= 11 is 0. The van der Waals surface area contributed by atoms with Gasteiger partial charge in [-0.1, -0.05) is 6.92 Å². The zero-order chi connectivity index (χ0) is 17.9. The maximum Gasteiger partial charge on any atom is 0.123 e. The molecule has 4 nitrogen and oxygen atoms in total. The predicted octanol–water partition coefficient (Wildman–Crippen LogP) is 4.76. The highest BCUT2D eigenvalue weighted by Gasteiger charge is 2.26. The molecule has 0 aliphatic carbocycles. The third kappa shape index (κ3) is 3.15. The van der Waals surface area contributed by atoms with Gasteiger partial charge in [0, 0.05) is 36.6 Å². The number of nitrogens with zero attached hydrogens (tertiary/aromatic N) is 4. The summed E-state index contributed by atoms with van der Waals surface area (Å²) in [5.74, 6) is -0.225. The Morgan fingerprint density at radius 1 is 1.00 bits per heavy atom. The first-order chi connectivity index (χ1) is 12.8. The van der Waals surface area contributed by atoms with E-state index in [-0.39, 0.29) is 12.0 Å². The van der Waals surface area contributed by atoms with E-state index in [1.165, 1.54) is 25.0 Å². The van der Waals surface area contributed by atoms with Gasteiger partial charge in [0.15, 0.2) is 0 Å². The minimum atomic E-state index is -0.225. The highest BCUT2D eigenvalue weighted by molar-refractivity contribution is 5.78.